The van der Waals surface area contributed by atoms with Gasteiger partial charge < -0.3 is 20.3 Å². The van der Waals surface area contributed by atoms with Gasteiger partial charge in [-0.2, -0.15) is 0 Å². The summed E-state index contributed by atoms with van der Waals surface area (Å²) in [6.45, 7) is 13.0. The summed E-state index contributed by atoms with van der Waals surface area (Å²) in [4.78, 5) is 41.0. The van der Waals surface area contributed by atoms with Crippen LogP contribution in [0.25, 0.3) is 0 Å². The number of hydrogen-bond donors (Lipinski definition) is 2. The van der Waals surface area contributed by atoms with Crippen LogP contribution >= 0.6 is 0 Å². The average molecular weight is 468 g/mol. The number of amides is 3. The molecule has 0 radical (unpaired) electrons. The van der Waals surface area contributed by atoms with Crippen LogP contribution in [-0.2, 0) is 14.3 Å². The molecule has 0 bridgehead atoms. The Morgan fingerprint density at radius 1 is 0.971 bits per heavy atom. The van der Waals surface area contributed by atoms with Gasteiger partial charge in [-0.3, -0.25) is 9.59 Å². The number of nitrogens with one attached hydrogen (secondary N) is 2. The van der Waals surface area contributed by atoms with Crippen LogP contribution in [-0.4, -0.2) is 41.0 Å². The molecule has 2 unspecified atom stereocenters. The minimum Gasteiger partial charge on any atom is -0.444 e. The van der Waals surface area contributed by atoms with Crippen molar-refractivity contribution in [1.82, 2.24) is 10.2 Å². The molecule has 2 aromatic rings. The summed E-state index contributed by atoms with van der Waals surface area (Å²) >= 11 is 0. The third-order valence-corrected chi connectivity index (χ3v) is 5.26. The Balaban J connectivity index is 2.38. The quantitative estimate of drug-likeness (QED) is 0.563. The Morgan fingerprint density at radius 2 is 1.56 bits per heavy atom. The van der Waals surface area contributed by atoms with Crippen molar-refractivity contribution in [2.45, 2.75) is 72.6 Å². The normalized spacial score (nSPS) is 12.9. The van der Waals surface area contributed by atoms with Gasteiger partial charge in [-0.1, -0.05) is 55.5 Å². The summed E-state index contributed by atoms with van der Waals surface area (Å²) < 4.78 is 5.30. The van der Waals surface area contributed by atoms with Crippen LogP contribution in [0.15, 0.2) is 48.5 Å². The third kappa shape index (κ3) is 7.33. The van der Waals surface area contributed by atoms with Crippen LogP contribution in [0.1, 0.15) is 63.8 Å². The van der Waals surface area contributed by atoms with Gasteiger partial charge in [-0.15, -0.1) is 0 Å². The predicted octanol–water partition coefficient (Wildman–Crippen LogP) is 5.14. The van der Waals surface area contributed by atoms with E-state index < -0.39 is 23.8 Å². The van der Waals surface area contributed by atoms with E-state index in [1.165, 1.54) is 4.90 Å². The van der Waals surface area contributed by atoms with Gasteiger partial charge in [0, 0.05) is 12.2 Å². The summed E-state index contributed by atoms with van der Waals surface area (Å²) in [6.07, 6.45) is -0.0358. The maximum absolute atomic E-state index is 13.7. The molecule has 0 heterocycles. The molecule has 7 heteroatoms. The van der Waals surface area contributed by atoms with Crippen molar-refractivity contribution < 1.29 is 19.1 Å². The third-order valence-electron chi connectivity index (χ3n) is 5.26. The standard InChI is InChI=1S/C27H37N3O4/c1-8-17-30(25(32)20(4)28-26(33)34-27(5,6)7)23(21-15-10-9-11-16-21)24(31)29-22-18(2)13-12-14-19(22)3/h9-16,20,23H,8,17H2,1-7H3,(H,28,33)(H,29,31). The van der Waals surface area contributed by atoms with Crippen molar-refractivity contribution in [2.75, 3.05) is 11.9 Å². The minimum atomic E-state index is -0.874. The highest BCUT2D eigenvalue weighted by Gasteiger charge is 2.34. The van der Waals surface area contributed by atoms with Crippen molar-refractivity contribution in [1.29, 1.82) is 0 Å². The molecule has 7 nitrogen and oxygen atoms in total. The van der Waals surface area contributed by atoms with E-state index >= 15 is 0 Å². The number of hydrogen-bond acceptors (Lipinski definition) is 4. The molecule has 0 spiro atoms. The van der Waals surface area contributed by atoms with Crippen LogP contribution in [0.4, 0.5) is 10.5 Å². The second-order valence-corrected chi connectivity index (χ2v) is 9.47. The van der Waals surface area contributed by atoms with E-state index in [1.54, 1.807) is 27.7 Å². The molecule has 3 amide bonds. The predicted molar refractivity (Wildman–Crippen MR) is 135 cm³/mol. The molecule has 0 fully saturated rings. The smallest absolute Gasteiger partial charge is 0.408 e. The van der Waals surface area contributed by atoms with Crippen molar-refractivity contribution in [3.63, 3.8) is 0 Å². The number of rotatable bonds is 8. The van der Waals surface area contributed by atoms with Crippen molar-refractivity contribution >= 4 is 23.6 Å². The second kappa shape index (κ2) is 11.7. The van der Waals surface area contributed by atoms with Gasteiger partial charge in [0.25, 0.3) is 5.91 Å². The van der Waals surface area contributed by atoms with E-state index in [4.69, 9.17) is 4.74 Å². The van der Waals surface area contributed by atoms with Crippen molar-refractivity contribution in [2.24, 2.45) is 0 Å². The van der Waals surface area contributed by atoms with Gasteiger partial charge in [-0.25, -0.2) is 4.79 Å². The van der Waals surface area contributed by atoms with Crippen LogP contribution in [0.5, 0.6) is 0 Å². The number of nitrogens with zero attached hydrogens (tertiary/aromatic N) is 1. The van der Waals surface area contributed by atoms with E-state index in [1.807, 2.05) is 69.3 Å². The molecular weight excluding hydrogens is 430 g/mol. The van der Waals surface area contributed by atoms with E-state index in [0.29, 0.717) is 18.5 Å². The van der Waals surface area contributed by atoms with E-state index in [9.17, 15) is 14.4 Å². The van der Waals surface area contributed by atoms with Crippen LogP contribution in [0, 0.1) is 13.8 Å². The molecule has 34 heavy (non-hydrogen) atoms. The number of alkyl carbamates (subject to hydrolysis) is 1. The lowest BCUT2D eigenvalue weighted by Crippen LogP contribution is -2.51. The van der Waals surface area contributed by atoms with Gasteiger partial charge in [0.05, 0.1) is 0 Å². The molecule has 0 aliphatic rings. The maximum Gasteiger partial charge on any atom is 0.408 e. The van der Waals surface area contributed by atoms with Gasteiger partial charge in [-0.05, 0) is 64.7 Å². The van der Waals surface area contributed by atoms with E-state index in [2.05, 4.69) is 10.6 Å². The molecule has 2 atom stereocenters. The Bertz CT molecular complexity index is 978. The van der Waals surface area contributed by atoms with Gasteiger partial charge in [0.15, 0.2) is 0 Å². The molecule has 184 valence electrons. The fourth-order valence-electron chi connectivity index (χ4n) is 3.71. The Kier molecular flexibility index (Phi) is 9.24. The highest BCUT2D eigenvalue weighted by atomic mass is 16.6. The van der Waals surface area contributed by atoms with Crippen molar-refractivity contribution in [3.05, 3.63) is 65.2 Å². The number of aryl methyl sites for hydroxylation is 2. The molecule has 2 aromatic carbocycles. The molecule has 0 aliphatic heterocycles. The monoisotopic (exact) mass is 467 g/mol. The first kappa shape index (κ1) is 26.9. The minimum absolute atomic E-state index is 0.310. The molecule has 0 aliphatic carbocycles. The Labute approximate surface area is 202 Å². The first-order valence-corrected chi connectivity index (χ1v) is 11.7. The van der Waals surface area contributed by atoms with E-state index in [-0.39, 0.29) is 11.8 Å². The zero-order chi connectivity index (χ0) is 25.5. The van der Waals surface area contributed by atoms with Gasteiger partial charge in [0.2, 0.25) is 5.91 Å². The Hall–Kier alpha value is -3.35. The molecule has 0 saturated heterocycles. The molecular formula is C27H37N3O4. The van der Waals surface area contributed by atoms with Crippen LogP contribution in [0.3, 0.4) is 0 Å². The largest absolute Gasteiger partial charge is 0.444 e. The average Bonchev–Trinajstić information content (AvgIpc) is 2.75. The second-order valence-electron chi connectivity index (χ2n) is 9.47. The SMILES string of the molecule is CCCN(C(=O)C(C)NC(=O)OC(C)(C)C)C(C(=O)Nc1c(C)cccc1C)c1ccccc1. The van der Waals surface area contributed by atoms with Gasteiger partial charge in [0.1, 0.15) is 17.7 Å². The molecule has 0 aromatic heterocycles. The number of carbonyl (C=O) groups excluding carboxylic acids is 3. The number of benzene rings is 2. The lowest BCUT2D eigenvalue weighted by molar-refractivity contribution is -0.140. The number of carbonyl (C=O) groups is 3. The highest BCUT2D eigenvalue weighted by molar-refractivity contribution is 5.99. The fraction of sp³-hybridized carbons (Fsp3) is 0.444. The summed E-state index contributed by atoms with van der Waals surface area (Å²) in [5.74, 6) is -0.673. The lowest BCUT2D eigenvalue weighted by Gasteiger charge is -2.33. The first-order valence-electron chi connectivity index (χ1n) is 11.7. The summed E-state index contributed by atoms with van der Waals surface area (Å²) in [6, 6.07) is 13.3. The highest BCUT2D eigenvalue weighted by Crippen LogP contribution is 2.27. The number of anilines is 1. The topological polar surface area (TPSA) is 87.7 Å². The zero-order valence-electron chi connectivity index (χ0n) is 21.3. The van der Waals surface area contributed by atoms with Crippen molar-refractivity contribution in [3.8, 4) is 0 Å². The fourth-order valence-corrected chi connectivity index (χ4v) is 3.71. The molecule has 0 saturated carbocycles. The maximum atomic E-state index is 13.7. The van der Waals surface area contributed by atoms with Crippen LogP contribution < -0.4 is 10.6 Å². The first-order chi connectivity index (χ1) is 15.9. The zero-order valence-corrected chi connectivity index (χ0v) is 21.3. The Morgan fingerprint density at radius 3 is 2.09 bits per heavy atom. The van der Waals surface area contributed by atoms with Gasteiger partial charge >= 0.3 is 6.09 Å². The molecule has 2 N–H and O–H groups in total. The number of para-hydroxylation sites is 1. The van der Waals surface area contributed by atoms with E-state index in [0.717, 1.165) is 16.8 Å². The summed E-state index contributed by atoms with van der Waals surface area (Å²) in [5, 5.41) is 5.64. The number of ether oxygens (including phenoxy) is 1. The summed E-state index contributed by atoms with van der Waals surface area (Å²) in [5.41, 5.74) is 2.62. The lowest BCUT2D eigenvalue weighted by atomic mass is 10.0. The van der Waals surface area contributed by atoms with Crippen LogP contribution in [0.2, 0.25) is 0 Å². The summed E-state index contributed by atoms with van der Waals surface area (Å²) in [7, 11) is 0. The molecule has 2 rings (SSSR count).